The zero-order valence-corrected chi connectivity index (χ0v) is 16.7. The number of hydrogen-bond acceptors (Lipinski definition) is 2. The Labute approximate surface area is 164 Å². The number of hydrogen-bond donors (Lipinski definition) is 1. The van der Waals surface area contributed by atoms with E-state index in [1.807, 2.05) is 18.2 Å². The first-order valence-electron chi connectivity index (χ1n) is 9.24. The second-order valence-corrected chi connectivity index (χ2v) is 8.10. The van der Waals surface area contributed by atoms with Crippen LogP contribution in [0.15, 0.2) is 30.3 Å². The Morgan fingerprint density at radius 1 is 1.00 bits per heavy atom. The number of imidazole rings is 1. The van der Waals surface area contributed by atoms with E-state index in [-0.39, 0.29) is 0 Å². The van der Waals surface area contributed by atoms with Gasteiger partial charge in [-0.1, -0.05) is 48.5 Å². The molecule has 1 aliphatic rings. The number of nitrogens with one attached hydrogen (secondary N) is 1. The van der Waals surface area contributed by atoms with E-state index in [0.29, 0.717) is 16.1 Å². The lowest BCUT2D eigenvalue weighted by molar-refractivity contribution is 0.461. The smallest absolute Gasteiger partial charge is 0.139 e. The second-order valence-electron chi connectivity index (χ2n) is 7.28. The Bertz CT molecular complexity index is 956. The maximum absolute atomic E-state index is 6.28. The predicted octanol–water partition coefficient (Wildman–Crippen LogP) is 6.67. The standard InChI is InChI=1S/C21H23Cl2N3/c1-13-10-14(2)26-19(11-13)25-20(15-8-9-17(22)18(23)12-15)21(26)24-16-6-4-3-5-7-16/h8-12,16,24H,3-7H2,1-2H3. The molecule has 0 radical (unpaired) electrons. The van der Waals surface area contributed by atoms with Gasteiger partial charge in [0.15, 0.2) is 0 Å². The molecule has 1 aromatic carbocycles. The van der Waals surface area contributed by atoms with Crippen molar-refractivity contribution in [3.05, 3.63) is 51.6 Å². The first-order chi connectivity index (χ1) is 12.5. The van der Waals surface area contributed by atoms with Crippen LogP contribution in [0, 0.1) is 13.8 Å². The van der Waals surface area contributed by atoms with Gasteiger partial charge in [-0.05, 0) is 56.5 Å². The van der Waals surface area contributed by atoms with Crippen LogP contribution in [0.4, 0.5) is 5.82 Å². The van der Waals surface area contributed by atoms with Crippen LogP contribution < -0.4 is 5.32 Å². The number of anilines is 1. The highest BCUT2D eigenvalue weighted by Crippen LogP contribution is 2.35. The van der Waals surface area contributed by atoms with Gasteiger partial charge in [0.2, 0.25) is 0 Å². The van der Waals surface area contributed by atoms with Crippen molar-refractivity contribution in [3.63, 3.8) is 0 Å². The minimum absolute atomic E-state index is 0.492. The number of nitrogens with zero attached hydrogens (tertiary/aromatic N) is 2. The fraction of sp³-hybridized carbons (Fsp3) is 0.381. The summed E-state index contributed by atoms with van der Waals surface area (Å²) >= 11 is 12.4. The summed E-state index contributed by atoms with van der Waals surface area (Å²) in [4.78, 5) is 4.94. The maximum atomic E-state index is 6.28. The molecule has 0 spiro atoms. The number of aromatic nitrogens is 2. The van der Waals surface area contributed by atoms with Crippen molar-refractivity contribution in [2.45, 2.75) is 52.0 Å². The molecule has 26 heavy (non-hydrogen) atoms. The quantitative estimate of drug-likeness (QED) is 0.543. The van der Waals surface area contributed by atoms with Gasteiger partial charge in [-0.3, -0.25) is 4.40 Å². The number of rotatable bonds is 3. The maximum Gasteiger partial charge on any atom is 0.139 e. The van der Waals surface area contributed by atoms with Gasteiger partial charge >= 0.3 is 0 Å². The van der Waals surface area contributed by atoms with Gasteiger partial charge in [0, 0.05) is 17.3 Å². The third-order valence-corrected chi connectivity index (χ3v) is 5.93. The van der Waals surface area contributed by atoms with Crippen molar-refractivity contribution in [2.75, 3.05) is 5.32 Å². The van der Waals surface area contributed by atoms with Gasteiger partial charge in [-0.2, -0.15) is 0 Å². The lowest BCUT2D eigenvalue weighted by Gasteiger charge is -2.24. The van der Waals surface area contributed by atoms with Crippen molar-refractivity contribution in [3.8, 4) is 11.3 Å². The van der Waals surface area contributed by atoms with Gasteiger partial charge < -0.3 is 5.32 Å². The minimum Gasteiger partial charge on any atom is -0.367 e. The van der Waals surface area contributed by atoms with E-state index in [2.05, 4.69) is 35.7 Å². The second kappa shape index (κ2) is 7.13. The number of pyridine rings is 1. The Hall–Kier alpha value is -1.71. The summed E-state index contributed by atoms with van der Waals surface area (Å²) in [5, 5.41) is 4.91. The summed E-state index contributed by atoms with van der Waals surface area (Å²) in [7, 11) is 0. The average Bonchev–Trinajstić information content (AvgIpc) is 2.96. The number of fused-ring (bicyclic) bond motifs is 1. The first-order valence-corrected chi connectivity index (χ1v) is 10.00. The molecule has 2 heterocycles. The van der Waals surface area contributed by atoms with Gasteiger partial charge in [0.25, 0.3) is 0 Å². The Morgan fingerprint density at radius 3 is 2.50 bits per heavy atom. The highest BCUT2D eigenvalue weighted by molar-refractivity contribution is 6.42. The summed E-state index contributed by atoms with van der Waals surface area (Å²) in [6.07, 6.45) is 6.32. The van der Waals surface area contributed by atoms with Crippen molar-refractivity contribution in [1.82, 2.24) is 9.38 Å². The lowest BCUT2D eigenvalue weighted by atomic mass is 9.95. The molecule has 5 heteroatoms. The minimum atomic E-state index is 0.492. The third-order valence-electron chi connectivity index (χ3n) is 5.19. The fourth-order valence-electron chi connectivity index (χ4n) is 3.95. The van der Waals surface area contributed by atoms with Gasteiger partial charge in [0.05, 0.1) is 10.0 Å². The molecule has 2 aromatic heterocycles. The van der Waals surface area contributed by atoms with E-state index in [1.165, 1.54) is 43.4 Å². The Kier molecular flexibility index (Phi) is 4.85. The molecule has 0 bridgehead atoms. The topological polar surface area (TPSA) is 29.3 Å². The summed E-state index contributed by atoms with van der Waals surface area (Å²) in [5.74, 6) is 1.06. The zero-order valence-electron chi connectivity index (χ0n) is 15.1. The monoisotopic (exact) mass is 387 g/mol. The van der Waals surface area contributed by atoms with Crippen LogP contribution >= 0.6 is 23.2 Å². The molecular weight excluding hydrogens is 365 g/mol. The molecule has 0 atom stereocenters. The van der Waals surface area contributed by atoms with Crippen molar-refractivity contribution in [2.24, 2.45) is 0 Å². The number of benzene rings is 1. The molecule has 1 fully saturated rings. The molecule has 1 saturated carbocycles. The van der Waals surface area contributed by atoms with Crippen molar-refractivity contribution < 1.29 is 0 Å². The molecule has 1 N–H and O–H groups in total. The Morgan fingerprint density at radius 2 is 1.77 bits per heavy atom. The first kappa shape index (κ1) is 17.7. The highest BCUT2D eigenvalue weighted by Gasteiger charge is 2.21. The molecule has 136 valence electrons. The van der Waals surface area contributed by atoms with Gasteiger partial charge in [-0.15, -0.1) is 0 Å². The van der Waals surface area contributed by atoms with Crippen LogP contribution in [0.5, 0.6) is 0 Å². The van der Waals surface area contributed by atoms with Gasteiger partial charge in [0.1, 0.15) is 17.2 Å². The van der Waals surface area contributed by atoms with E-state index in [4.69, 9.17) is 28.2 Å². The summed E-state index contributed by atoms with van der Waals surface area (Å²) < 4.78 is 2.22. The van der Waals surface area contributed by atoms with Crippen molar-refractivity contribution >= 4 is 34.7 Å². The molecule has 0 amide bonds. The predicted molar refractivity (Wildman–Crippen MR) is 111 cm³/mol. The van der Waals surface area contributed by atoms with Gasteiger partial charge in [-0.25, -0.2) is 4.98 Å². The molecule has 0 saturated heterocycles. The van der Waals surface area contributed by atoms with Crippen LogP contribution in [0.1, 0.15) is 43.4 Å². The number of halogens is 2. The fourth-order valence-corrected chi connectivity index (χ4v) is 4.25. The largest absolute Gasteiger partial charge is 0.367 e. The molecule has 3 aromatic rings. The summed E-state index contributed by atoms with van der Waals surface area (Å²) in [5.41, 5.74) is 5.27. The summed E-state index contributed by atoms with van der Waals surface area (Å²) in [6, 6.07) is 10.5. The number of aryl methyl sites for hydroxylation is 2. The molecular formula is C21H23Cl2N3. The molecule has 0 unspecified atom stereocenters. The molecule has 1 aliphatic carbocycles. The molecule has 0 aliphatic heterocycles. The Balaban J connectivity index is 1.88. The highest BCUT2D eigenvalue weighted by atomic mass is 35.5. The summed E-state index contributed by atoms with van der Waals surface area (Å²) in [6.45, 7) is 4.24. The SMILES string of the molecule is Cc1cc(C)n2c(NC3CCCCC3)c(-c3ccc(Cl)c(Cl)c3)nc2c1. The van der Waals surface area contributed by atoms with E-state index < -0.39 is 0 Å². The lowest BCUT2D eigenvalue weighted by Crippen LogP contribution is -2.23. The van der Waals surface area contributed by atoms with Crippen LogP contribution in [-0.2, 0) is 0 Å². The van der Waals surface area contributed by atoms with Crippen LogP contribution in [-0.4, -0.2) is 15.4 Å². The van der Waals surface area contributed by atoms with Crippen LogP contribution in [0.3, 0.4) is 0 Å². The molecule has 4 rings (SSSR count). The van der Waals surface area contributed by atoms with Crippen LogP contribution in [0.2, 0.25) is 10.0 Å². The van der Waals surface area contributed by atoms with E-state index >= 15 is 0 Å². The zero-order chi connectivity index (χ0) is 18.3. The van der Waals surface area contributed by atoms with E-state index in [0.717, 1.165) is 22.7 Å². The molecule has 3 nitrogen and oxygen atoms in total. The van der Waals surface area contributed by atoms with Crippen molar-refractivity contribution in [1.29, 1.82) is 0 Å². The third kappa shape index (κ3) is 3.30. The van der Waals surface area contributed by atoms with E-state index in [1.54, 1.807) is 0 Å². The average molecular weight is 388 g/mol. The van der Waals surface area contributed by atoms with E-state index in [9.17, 15) is 0 Å². The normalized spacial score (nSPS) is 15.5. The van der Waals surface area contributed by atoms with Crippen LogP contribution in [0.25, 0.3) is 16.9 Å².